The average molecular weight is 234 g/mol. The summed E-state index contributed by atoms with van der Waals surface area (Å²) >= 11 is 0. The van der Waals surface area contributed by atoms with Crippen LogP contribution >= 0.6 is 0 Å². The van der Waals surface area contributed by atoms with Crippen molar-refractivity contribution in [2.75, 3.05) is 6.61 Å². The van der Waals surface area contributed by atoms with Crippen LogP contribution in [0.1, 0.15) is 13.8 Å². The number of aliphatic hydroxyl groups excluding tert-OH is 3. The standard InChI is InChI=1S/C9H14O7/c1-4(11)7(14)9(16,5(2)12)8(15)6(13)3-10/h6,8,10,13,15-16H,3H2,1-2H3. The van der Waals surface area contributed by atoms with Crippen LogP contribution in [0.3, 0.4) is 0 Å². The van der Waals surface area contributed by atoms with E-state index in [9.17, 15) is 24.6 Å². The van der Waals surface area contributed by atoms with Gasteiger partial charge in [0.15, 0.2) is 11.6 Å². The molecule has 0 rings (SSSR count). The quantitative estimate of drug-likeness (QED) is 0.288. The van der Waals surface area contributed by atoms with Crippen molar-refractivity contribution in [3.8, 4) is 0 Å². The van der Waals surface area contributed by atoms with Gasteiger partial charge in [0.05, 0.1) is 6.61 Å². The van der Waals surface area contributed by atoms with Gasteiger partial charge in [-0.25, -0.2) is 0 Å². The Bertz CT molecular complexity index is 311. The van der Waals surface area contributed by atoms with Crippen molar-refractivity contribution in [1.82, 2.24) is 0 Å². The molecule has 0 spiro atoms. The first-order valence-corrected chi connectivity index (χ1v) is 4.45. The van der Waals surface area contributed by atoms with Gasteiger partial charge >= 0.3 is 0 Å². The molecule has 92 valence electrons. The molecule has 0 saturated carbocycles. The molecular formula is C9H14O7. The predicted octanol–water partition coefficient (Wildman–Crippen LogP) is -2.82. The van der Waals surface area contributed by atoms with E-state index in [2.05, 4.69) is 0 Å². The zero-order chi connectivity index (χ0) is 13.1. The highest BCUT2D eigenvalue weighted by Gasteiger charge is 2.51. The highest BCUT2D eigenvalue weighted by molar-refractivity contribution is 6.44. The van der Waals surface area contributed by atoms with E-state index in [1.54, 1.807) is 0 Å². The Labute approximate surface area is 91.3 Å². The minimum Gasteiger partial charge on any atom is -0.394 e. The Morgan fingerprint density at radius 2 is 1.62 bits per heavy atom. The molecule has 16 heavy (non-hydrogen) atoms. The summed E-state index contributed by atoms with van der Waals surface area (Å²) in [6.07, 6.45) is -4.16. The lowest BCUT2D eigenvalue weighted by Gasteiger charge is -2.30. The van der Waals surface area contributed by atoms with Gasteiger partial charge in [-0.05, 0) is 6.92 Å². The largest absolute Gasteiger partial charge is 0.394 e. The summed E-state index contributed by atoms with van der Waals surface area (Å²) in [7, 11) is 0. The molecule has 0 saturated heterocycles. The third-order valence-electron chi connectivity index (χ3n) is 2.18. The number of rotatable bonds is 6. The third-order valence-corrected chi connectivity index (χ3v) is 2.18. The van der Waals surface area contributed by atoms with Crippen molar-refractivity contribution in [2.24, 2.45) is 0 Å². The Kier molecular flexibility index (Phi) is 4.88. The minimum absolute atomic E-state index is 0.786. The molecule has 3 unspecified atom stereocenters. The second kappa shape index (κ2) is 5.26. The summed E-state index contributed by atoms with van der Waals surface area (Å²) in [5.74, 6) is -3.85. The fourth-order valence-corrected chi connectivity index (χ4v) is 1.15. The molecule has 0 bridgehead atoms. The molecule has 0 heterocycles. The van der Waals surface area contributed by atoms with Gasteiger partial charge in [0.2, 0.25) is 11.4 Å². The van der Waals surface area contributed by atoms with Crippen molar-refractivity contribution >= 4 is 17.3 Å². The number of hydrogen-bond donors (Lipinski definition) is 4. The van der Waals surface area contributed by atoms with Crippen LogP contribution in [0.4, 0.5) is 0 Å². The summed E-state index contributed by atoms with van der Waals surface area (Å²) in [6, 6.07) is 0. The second-order valence-corrected chi connectivity index (χ2v) is 3.40. The van der Waals surface area contributed by atoms with E-state index in [-0.39, 0.29) is 0 Å². The minimum atomic E-state index is -3.02. The maximum Gasteiger partial charge on any atom is 0.239 e. The van der Waals surface area contributed by atoms with E-state index in [1.807, 2.05) is 0 Å². The van der Waals surface area contributed by atoms with Gasteiger partial charge in [-0.1, -0.05) is 0 Å². The molecular weight excluding hydrogens is 220 g/mol. The number of aliphatic hydroxyl groups is 4. The van der Waals surface area contributed by atoms with Crippen LogP contribution < -0.4 is 0 Å². The number of Topliss-reactive ketones (excluding diaryl/α,β-unsaturated/α-hetero) is 3. The predicted molar refractivity (Wildman–Crippen MR) is 50.4 cm³/mol. The van der Waals surface area contributed by atoms with Crippen LogP contribution in [-0.4, -0.2) is 62.2 Å². The van der Waals surface area contributed by atoms with Gasteiger partial charge in [-0.2, -0.15) is 0 Å². The molecule has 0 aromatic carbocycles. The molecule has 0 aliphatic carbocycles. The van der Waals surface area contributed by atoms with Crippen molar-refractivity contribution in [3.05, 3.63) is 0 Å². The first-order valence-electron chi connectivity index (χ1n) is 4.45. The zero-order valence-corrected chi connectivity index (χ0v) is 8.88. The summed E-state index contributed by atoms with van der Waals surface area (Å²) in [5, 5.41) is 36.6. The van der Waals surface area contributed by atoms with Gasteiger partial charge in [0.25, 0.3) is 0 Å². The summed E-state index contributed by atoms with van der Waals surface area (Å²) in [6.45, 7) is 0.629. The molecule has 0 aliphatic heterocycles. The number of hydrogen-bond acceptors (Lipinski definition) is 7. The summed E-state index contributed by atoms with van der Waals surface area (Å²) in [4.78, 5) is 33.2. The first-order chi connectivity index (χ1) is 7.19. The zero-order valence-electron chi connectivity index (χ0n) is 8.88. The fraction of sp³-hybridized carbons (Fsp3) is 0.667. The van der Waals surface area contributed by atoms with E-state index in [1.165, 1.54) is 0 Å². The van der Waals surface area contributed by atoms with Gasteiger partial charge in [0, 0.05) is 6.92 Å². The lowest BCUT2D eigenvalue weighted by atomic mass is 9.83. The Hall–Kier alpha value is -1.15. The van der Waals surface area contributed by atoms with Crippen molar-refractivity contribution < 1.29 is 34.8 Å². The topological polar surface area (TPSA) is 132 Å². The van der Waals surface area contributed by atoms with Crippen LogP contribution in [0.2, 0.25) is 0 Å². The second-order valence-electron chi connectivity index (χ2n) is 3.40. The van der Waals surface area contributed by atoms with Gasteiger partial charge < -0.3 is 20.4 Å². The highest BCUT2D eigenvalue weighted by Crippen LogP contribution is 2.17. The Morgan fingerprint density at radius 3 is 1.88 bits per heavy atom. The molecule has 4 N–H and O–H groups in total. The molecule has 7 heteroatoms. The smallest absolute Gasteiger partial charge is 0.239 e. The SMILES string of the molecule is CC(=O)C(=O)C(O)(C(C)=O)C(O)C(O)CO. The van der Waals surface area contributed by atoms with Crippen LogP contribution in [0.25, 0.3) is 0 Å². The molecule has 0 aliphatic rings. The molecule has 3 atom stereocenters. The van der Waals surface area contributed by atoms with Crippen LogP contribution in [0, 0.1) is 0 Å². The van der Waals surface area contributed by atoms with Crippen molar-refractivity contribution in [2.45, 2.75) is 31.7 Å². The molecule has 7 nitrogen and oxygen atoms in total. The normalized spacial score (nSPS) is 18.4. The van der Waals surface area contributed by atoms with E-state index in [4.69, 9.17) is 10.2 Å². The monoisotopic (exact) mass is 234 g/mol. The number of ketones is 3. The van der Waals surface area contributed by atoms with E-state index in [0.717, 1.165) is 13.8 Å². The van der Waals surface area contributed by atoms with Crippen LogP contribution in [0.15, 0.2) is 0 Å². The van der Waals surface area contributed by atoms with Crippen molar-refractivity contribution in [3.63, 3.8) is 0 Å². The van der Waals surface area contributed by atoms with E-state index in [0.29, 0.717) is 0 Å². The van der Waals surface area contributed by atoms with Gasteiger partial charge in [-0.3, -0.25) is 14.4 Å². The fourth-order valence-electron chi connectivity index (χ4n) is 1.15. The first kappa shape index (κ1) is 14.8. The highest BCUT2D eigenvalue weighted by atomic mass is 16.4. The van der Waals surface area contributed by atoms with Gasteiger partial charge in [0.1, 0.15) is 12.2 Å². The maximum atomic E-state index is 11.3. The maximum absolute atomic E-state index is 11.3. The summed E-state index contributed by atoms with van der Waals surface area (Å²) < 4.78 is 0. The van der Waals surface area contributed by atoms with E-state index < -0.39 is 41.8 Å². The third kappa shape index (κ3) is 2.50. The molecule has 0 amide bonds. The molecule has 0 aromatic heterocycles. The van der Waals surface area contributed by atoms with E-state index >= 15 is 0 Å². The number of carbonyl (C=O) groups excluding carboxylic acids is 3. The molecule has 0 aromatic rings. The average Bonchev–Trinajstić information content (AvgIpc) is 2.24. The molecule has 0 fully saturated rings. The Balaban J connectivity index is 5.35. The van der Waals surface area contributed by atoms with Crippen LogP contribution in [0.5, 0.6) is 0 Å². The van der Waals surface area contributed by atoms with Crippen molar-refractivity contribution in [1.29, 1.82) is 0 Å². The van der Waals surface area contributed by atoms with Crippen LogP contribution in [-0.2, 0) is 14.4 Å². The lowest BCUT2D eigenvalue weighted by Crippen LogP contribution is -2.61. The Morgan fingerprint density at radius 1 is 1.19 bits per heavy atom. The van der Waals surface area contributed by atoms with Gasteiger partial charge in [-0.15, -0.1) is 0 Å². The number of carbonyl (C=O) groups is 3. The molecule has 0 radical (unpaired) electrons. The lowest BCUT2D eigenvalue weighted by molar-refractivity contribution is -0.175. The summed E-state index contributed by atoms with van der Waals surface area (Å²) in [5.41, 5.74) is -3.02.